The van der Waals surface area contributed by atoms with Crippen LogP contribution in [0, 0.1) is 0 Å². The highest BCUT2D eigenvalue weighted by atomic mass is 16.7. The summed E-state index contributed by atoms with van der Waals surface area (Å²) in [5, 5.41) is 39.6. The van der Waals surface area contributed by atoms with Crippen molar-refractivity contribution in [3.63, 3.8) is 0 Å². The lowest BCUT2D eigenvalue weighted by molar-refractivity contribution is -0.298. The normalized spacial score (nSPS) is 21.8. The van der Waals surface area contributed by atoms with Gasteiger partial charge in [0.05, 0.1) is 13.0 Å². The number of rotatable bonds is 29. The Labute approximate surface area is 305 Å². The highest BCUT2D eigenvalue weighted by Gasteiger charge is 2.47. The molecule has 0 amide bonds. The minimum atomic E-state index is -1.87. The molecule has 1 aliphatic rings. The second-order valence-electron chi connectivity index (χ2n) is 12.7. The van der Waals surface area contributed by atoms with Crippen molar-refractivity contribution in [2.75, 3.05) is 13.2 Å². The van der Waals surface area contributed by atoms with Crippen molar-refractivity contribution >= 4 is 17.9 Å². The van der Waals surface area contributed by atoms with Gasteiger partial charge in [0.1, 0.15) is 24.9 Å². The van der Waals surface area contributed by atoms with E-state index in [9.17, 15) is 34.8 Å². The van der Waals surface area contributed by atoms with Gasteiger partial charge in [-0.3, -0.25) is 9.59 Å². The number of aliphatic hydroxyl groups is 3. The molecular weight excluding hydrogens is 656 g/mol. The van der Waals surface area contributed by atoms with E-state index >= 15 is 0 Å². The molecule has 6 unspecified atom stereocenters. The lowest BCUT2D eigenvalue weighted by atomic mass is 9.99. The lowest BCUT2D eigenvalue weighted by Gasteiger charge is -2.38. The molecule has 4 N–H and O–H groups in total. The number of hydrogen-bond donors (Lipinski definition) is 4. The second-order valence-corrected chi connectivity index (χ2v) is 12.7. The molecule has 1 aliphatic heterocycles. The second kappa shape index (κ2) is 30.5. The highest BCUT2D eigenvalue weighted by Crippen LogP contribution is 2.23. The maximum absolute atomic E-state index is 12.6. The van der Waals surface area contributed by atoms with E-state index in [-0.39, 0.29) is 19.4 Å². The summed E-state index contributed by atoms with van der Waals surface area (Å²) in [7, 11) is 0. The van der Waals surface area contributed by atoms with Gasteiger partial charge in [-0.25, -0.2) is 4.79 Å². The van der Waals surface area contributed by atoms with Crippen molar-refractivity contribution in [3.8, 4) is 0 Å². The smallest absolute Gasteiger partial charge is 0.335 e. The van der Waals surface area contributed by atoms with Gasteiger partial charge in [-0.2, -0.15) is 0 Å². The van der Waals surface area contributed by atoms with E-state index in [1.165, 1.54) is 38.5 Å². The Morgan fingerprint density at radius 3 is 1.67 bits per heavy atom. The molecule has 11 nitrogen and oxygen atoms in total. The van der Waals surface area contributed by atoms with Gasteiger partial charge in [-0.05, 0) is 38.5 Å². The molecule has 51 heavy (non-hydrogen) atoms. The van der Waals surface area contributed by atoms with Gasteiger partial charge >= 0.3 is 17.9 Å². The zero-order valence-corrected chi connectivity index (χ0v) is 30.8. The summed E-state index contributed by atoms with van der Waals surface area (Å²) in [6, 6.07) is 0. The van der Waals surface area contributed by atoms with Crippen molar-refractivity contribution in [1.29, 1.82) is 0 Å². The molecule has 0 saturated carbocycles. The fraction of sp³-hybridized carbons (Fsp3) is 0.675. The van der Waals surface area contributed by atoms with E-state index in [1.807, 2.05) is 18.2 Å². The van der Waals surface area contributed by atoms with E-state index in [2.05, 4.69) is 50.3 Å². The molecule has 0 aromatic heterocycles. The maximum Gasteiger partial charge on any atom is 0.335 e. The molecule has 0 radical (unpaired) electrons. The van der Waals surface area contributed by atoms with Crippen LogP contribution in [0.2, 0.25) is 0 Å². The molecule has 0 aromatic rings. The Morgan fingerprint density at radius 2 is 1.14 bits per heavy atom. The Bertz CT molecular complexity index is 1080. The van der Waals surface area contributed by atoms with Gasteiger partial charge < -0.3 is 39.4 Å². The quantitative estimate of drug-likeness (QED) is 0.0364. The van der Waals surface area contributed by atoms with Gasteiger partial charge in [0, 0.05) is 6.42 Å². The van der Waals surface area contributed by atoms with Crippen molar-refractivity contribution < 1.29 is 53.8 Å². The lowest BCUT2D eigenvalue weighted by Crippen LogP contribution is -2.60. The number of allylic oxidation sites excluding steroid dienone is 9. The third-order valence-corrected chi connectivity index (χ3v) is 8.16. The number of unbranched alkanes of at least 4 members (excludes halogenated alkanes) is 9. The SMILES string of the molecule is CC/C=C\C/C=C\C/C=C\C/C=C\C/C=C\CC(=O)OCC(COC1OC(C(=O)O)C(O)C(O)C1O)OC(=O)CCCCCCCCCCCC. The molecule has 0 aliphatic carbocycles. The number of carboxylic acid groups (broad SMARTS) is 1. The van der Waals surface area contributed by atoms with Crippen LogP contribution in [0.1, 0.15) is 123 Å². The molecule has 0 spiro atoms. The number of hydrogen-bond acceptors (Lipinski definition) is 10. The van der Waals surface area contributed by atoms with E-state index in [0.717, 1.165) is 44.9 Å². The van der Waals surface area contributed by atoms with E-state index in [0.29, 0.717) is 12.8 Å². The number of ether oxygens (including phenoxy) is 4. The number of carboxylic acids is 1. The van der Waals surface area contributed by atoms with Gasteiger partial charge in [-0.1, -0.05) is 132 Å². The average Bonchev–Trinajstić information content (AvgIpc) is 3.11. The zero-order chi connectivity index (χ0) is 37.5. The van der Waals surface area contributed by atoms with Gasteiger partial charge in [0.2, 0.25) is 0 Å². The van der Waals surface area contributed by atoms with Crippen molar-refractivity contribution in [2.24, 2.45) is 0 Å². The Hall–Kier alpha value is -3.09. The predicted molar refractivity (Wildman–Crippen MR) is 197 cm³/mol. The fourth-order valence-electron chi connectivity index (χ4n) is 5.18. The monoisotopic (exact) mass is 720 g/mol. The third kappa shape index (κ3) is 23.2. The first-order chi connectivity index (χ1) is 24.7. The topological polar surface area (TPSA) is 169 Å². The number of esters is 2. The molecule has 6 atom stereocenters. The van der Waals surface area contributed by atoms with Crippen LogP contribution in [0.25, 0.3) is 0 Å². The van der Waals surface area contributed by atoms with Crippen LogP contribution in [0.5, 0.6) is 0 Å². The summed E-state index contributed by atoms with van der Waals surface area (Å²) >= 11 is 0. The van der Waals surface area contributed by atoms with Crippen molar-refractivity contribution in [1.82, 2.24) is 0 Å². The van der Waals surface area contributed by atoms with Gasteiger partial charge in [-0.15, -0.1) is 0 Å². The fourth-order valence-corrected chi connectivity index (χ4v) is 5.18. The van der Waals surface area contributed by atoms with E-state index in [4.69, 9.17) is 18.9 Å². The molecule has 1 fully saturated rings. The largest absolute Gasteiger partial charge is 0.479 e. The Morgan fingerprint density at radius 1 is 0.627 bits per heavy atom. The first kappa shape index (κ1) is 45.9. The number of aliphatic carboxylic acids is 1. The minimum Gasteiger partial charge on any atom is -0.479 e. The molecule has 11 heteroatoms. The third-order valence-electron chi connectivity index (χ3n) is 8.16. The molecule has 1 heterocycles. The molecule has 1 rings (SSSR count). The predicted octanol–water partition coefficient (Wildman–Crippen LogP) is 6.80. The summed E-state index contributed by atoms with van der Waals surface area (Å²) in [6.45, 7) is 3.55. The molecular formula is C40H64O11. The standard InChI is InChI=1S/C40H64O11/c1-3-5-7-9-11-13-15-16-17-18-19-21-22-24-26-28-33(41)48-30-32(31-49-40-37(45)35(43)36(44)38(51-40)39(46)47)50-34(42)29-27-25-23-20-14-12-10-8-6-4-2/h5,7,11,13,16-17,19,21,24,26,32,35-38,40,43-45H,3-4,6,8-10,12,14-15,18,20,22-23,25,27-31H2,1-2H3,(H,46,47)/b7-5-,13-11-,17-16-,21-19-,26-24-. The Kier molecular flexibility index (Phi) is 27.5. The first-order valence-corrected chi connectivity index (χ1v) is 18.8. The van der Waals surface area contributed by atoms with Crippen molar-refractivity contribution in [3.05, 3.63) is 60.8 Å². The summed E-state index contributed by atoms with van der Waals surface area (Å²) in [6.07, 6.45) is 26.0. The van der Waals surface area contributed by atoms with Crippen LogP contribution in [0.15, 0.2) is 60.8 Å². The average molecular weight is 721 g/mol. The van der Waals surface area contributed by atoms with Crippen LogP contribution < -0.4 is 0 Å². The zero-order valence-electron chi connectivity index (χ0n) is 30.8. The Balaban J connectivity index is 2.52. The highest BCUT2D eigenvalue weighted by molar-refractivity contribution is 5.73. The number of carbonyl (C=O) groups excluding carboxylic acids is 2. The molecule has 1 saturated heterocycles. The van der Waals surface area contributed by atoms with Crippen LogP contribution in [-0.4, -0.2) is 88.4 Å². The number of carbonyl (C=O) groups is 3. The van der Waals surface area contributed by atoms with Crippen LogP contribution >= 0.6 is 0 Å². The van der Waals surface area contributed by atoms with Crippen molar-refractivity contribution in [2.45, 2.75) is 160 Å². The summed E-state index contributed by atoms with van der Waals surface area (Å²) in [5.74, 6) is -2.61. The van der Waals surface area contributed by atoms with Gasteiger partial charge in [0.15, 0.2) is 18.5 Å². The van der Waals surface area contributed by atoms with Crippen LogP contribution in [0.4, 0.5) is 0 Å². The molecule has 0 aromatic carbocycles. The van der Waals surface area contributed by atoms with E-state index < -0.39 is 61.3 Å². The van der Waals surface area contributed by atoms with Crippen LogP contribution in [0.3, 0.4) is 0 Å². The van der Waals surface area contributed by atoms with Gasteiger partial charge in [0.25, 0.3) is 0 Å². The first-order valence-electron chi connectivity index (χ1n) is 18.8. The molecule has 0 bridgehead atoms. The summed E-state index contributed by atoms with van der Waals surface area (Å²) < 4.78 is 21.5. The van der Waals surface area contributed by atoms with Crippen LogP contribution in [-0.2, 0) is 33.3 Å². The molecule has 290 valence electrons. The maximum atomic E-state index is 12.6. The summed E-state index contributed by atoms with van der Waals surface area (Å²) in [4.78, 5) is 36.5. The summed E-state index contributed by atoms with van der Waals surface area (Å²) in [5.41, 5.74) is 0. The van der Waals surface area contributed by atoms with E-state index in [1.54, 1.807) is 6.08 Å². The minimum absolute atomic E-state index is 0.00245. The number of aliphatic hydroxyl groups excluding tert-OH is 3.